The normalized spacial score (nSPS) is 20.2. The average molecular weight is 252 g/mol. The van der Waals surface area contributed by atoms with Gasteiger partial charge in [0, 0.05) is 49.8 Å². The van der Waals surface area contributed by atoms with Crippen LogP contribution in [0.4, 0.5) is 0 Å². The maximum Gasteiger partial charge on any atom is 0.0481 e. The monoisotopic (exact) mass is 251 g/mol. The van der Waals surface area contributed by atoms with Crippen LogP contribution in [0.3, 0.4) is 0 Å². The molecule has 0 bridgehead atoms. The summed E-state index contributed by atoms with van der Waals surface area (Å²) >= 11 is 0. The highest BCUT2D eigenvalue weighted by Crippen LogP contribution is 2.26. The number of aryl methyl sites for hydroxylation is 1. The number of nitrogens with zero attached hydrogens (tertiary/aromatic N) is 1. The van der Waals surface area contributed by atoms with E-state index in [0.29, 0.717) is 6.04 Å². The van der Waals surface area contributed by atoms with Crippen LogP contribution in [0.25, 0.3) is 10.9 Å². The van der Waals surface area contributed by atoms with Crippen molar-refractivity contribution in [2.24, 2.45) is 7.05 Å². The number of fused-ring (bicyclic) bond motifs is 1. The van der Waals surface area contributed by atoms with Gasteiger partial charge in [0.1, 0.15) is 0 Å². The zero-order valence-corrected chi connectivity index (χ0v) is 10.8. The lowest BCUT2D eigenvalue weighted by Gasteiger charge is -2.24. The highest BCUT2D eigenvalue weighted by atomic mass is 35.5. The molecule has 0 spiro atoms. The summed E-state index contributed by atoms with van der Waals surface area (Å²) in [7, 11) is 2.11. The fourth-order valence-electron chi connectivity index (χ4n) is 2.52. The lowest BCUT2D eigenvalue weighted by Crippen LogP contribution is -2.42. The molecule has 3 rings (SSSR count). The molecule has 2 aromatic rings. The van der Waals surface area contributed by atoms with Gasteiger partial charge >= 0.3 is 0 Å². The van der Waals surface area contributed by atoms with E-state index in [-0.39, 0.29) is 12.4 Å². The molecule has 17 heavy (non-hydrogen) atoms. The van der Waals surface area contributed by atoms with Crippen molar-refractivity contribution in [3.8, 4) is 0 Å². The number of hydrogen-bond acceptors (Lipinski definition) is 2. The molecule has 2 N–H and O–H groups in total. The predicted octanol–water partition coefficient (Wildman–Crippen LogP) is 1.83. The third-order valence-corrected chi connectivity index (χ3v) is 3.34. The van der Waals surface area contributed by atoms with Gasteiger partial charge in [-0.25, -0.2) is 0 Å². The lowest BCUT2D eigenvalue weighted by molar-refractivity contribution is 0.431. The van der Waals surface area contributed by atoms with Gasteiger partial charge in [-0.2, -0.15) is 0 Å². The molecule has 1 aromatic heterocycles. The van der Waals surface area contributed by atoms with Crippen molar-refractivity contribution < 1.29 is 0 Å². The van der Waals surface area contributed by atoms with Crippen molar-refractivity contribution in [3.63, 3.8) is 0 Å². The molecule has 1 fully saturated rings. The number of para-hydroxylation sites is 1. The smallest absolute Gasteiger partial charge is 0.0481 e. The molecule has 1 atom stereocenters. The topological polar surface area (TPSA) is 29.0 Å². The van der Waals surface area contributed by atoms with E-state index in [1.165, 1.54) is 16.5 Å². The van der Waals surface area contributed by atoms with E-state index in [1.54, 1.807) is 0 Å². The summed E-state index contributed by atoms with van der Waals surface area (Å²) in [6.45, 7) is 3.14. The number of hydrogen-bond donors (Lipinski definition) is 2. The van der Waals surface area contributed by atoms with Crippen LogP contribution >= 0.6 is 12.4 Å². The molecule has 0 saturated carbocycles. The third kappa shape index (κ3) is 2.18. The van der Waals surface area contributed by atoms with Gasteiger partial charge in [-0.05, 0) is 11.6 Å². The molecular formula is C13H18ClN3. The zero-order chi connectivity index (χ0) is 11.0. The van der Waals surface area contributed by atoms with E-state index in [2.05, 4.69) is 52.7 Å². The van der Waals surface area contributed by atoms with E-state index in [9.17, 15) is 0 Å². The molecule has 1 aliphatic heterocycles. The Morgan fingerprint density at radius 1 is 1.24 bits per heavy atom. The van der Waals surface area contributed by atoms with Crippen LogP contribution in [0.5, 0.6) is 0 Å². The SMILES string of the molecule is Cl.Cn1cc([C@@H]2CNCCN2)c2ccccc21. The molecule has 1 saturated heterocycles. The van der Waals surface area contributed by atoms with E-state index in [0.717, 1.165) is 19.6 Å². The molecule has 2 heterocycles. The number of benzene rings is 1. The number of aromatic nitrogens is 1. The van der Waals surface area contributed by atoms with E-state index < -0.39 is 0 Å². The first-order valence-corrected chi connectivity index (χ1v) is 5.84. The van der Waals surface area contributed by atoms with Gasteiger partial charge in [0.15, 0.2) is 0 Å². The van der Waals surface area contributed by atoms with Crippen molar-refractivity contribution in [1.82, 2.24) is 15.2 Å². The molecule has 1 aliphatic rings. The van der Waals surface area contributed by atoms with Crippen molar-refractivity contribution in [2.45, 2.75) is 6.04 Å². The number of halogens is 1. The van der Waals surface area contributed by atoms with E-state index in [4.69, 9.17) is 0 Å². The van der Waals surface area contributed by atoms with Gasteiger partial charge in [0.05, 0.1) is 0 Å². The van der Waals surface area contributed by atoms with Crippen LogP contribution in [0.1, 0.15) is 11.6 Å². The molecule has 0 amide bonds. The molecule has 4 heteroatoms. The van der Waals surface area contributed by atoms with Crippen molar-refractivity contribution in [2.75, 3.05) is 19.6 Å². The van der Waals surface area contributed by atoms with Gasteiger partial charge in [-0.15, -0.1) is 12.4 Å². The van der Waals surface area contributed by atoms with Crippen molar-refractivity contribution >= 4 is 23.3 Å². The Bertz CT molecular complexity index is 500. The highest BCUT2D eigenvalue weighted by Gasteiger charge is 2.18. The Hall–Kier alpha value is -1.03. The lowest BCUT2D eigenvalue weighted by atomic mass is 10.0. The first-order valence-electron chi connectivity index (χ1n) is 5.84. The minimum Gasteiger partial charge on any atom is -0.350 e. The number of nitrogens with one attached hydrogen (secondary N) is 2. The number of rotatable bonds is 1. The largest absolute Gasteiger partial charge is 0.350 e. The minimum atomic E-state index is 0. The molecular weight excluding hydrogens is 234 g/mol. The minimum absolute atomic E-state index is 0. The Morgan fingerprint density at radius 3 is 2.82 bits per heavy atom. The van der Waals surface area contributed by atoms with Gasteiger partial charge in [0.25, 0.3) is 0 Å². The number of piperazine rings is 1. The van der Waals surface area contributed by atoms with Gasteiger partial charge in [0.2, 0.25) is 0 Å². The Kier molecular flexibility index (Phi) is 3.72. The molecule has 1 aromatic carbocycles. The average Bonchev–Trinajstić information content (AvgIpc) is 2.69. The fourth-order valence-corrected chi connectivity index (χ4v) is 2.52. The maximum atomic E-state index is 3.57. The Morgan fingerprint density at radius 2 is 2.06 bits per heavy atom. The summed E-state index contributed by atoms with van der Waals surface area (Å²) in [4.78, 5) is 0. The second kappa shape index (κ2) is 5.08. The third-order valence-electron chi connectivity index (χ3n) is 3.34. The standard InChI is InChI=1S/C13H17N3.ClH/c1-16-9-11(12-8-14-6-7-15-12)10-4-2-3-5-13(10)16;/h2-5,9,12,14-15H,6-8H2,1H3;1H/t12-;/m0./s1. The predicted molar refractivity (Wildman–Crippen MR) is 73.8 cm³/mol. The van der Waals surface area contributed by atoms with Crippen molar-refractivity contribution in [1.29, 1.82) is 0 Å². The van der Waals surface area contributed by atoms with Gasteiger partial charge in [-0.3, -0.25) is 0 Å². The quantitative estimate of drug-likeness (QED) is 0.810. The molecule has 92 valence electrons. The van der Waals surface area contributed by atoms with Crippen molar-refractivity contribution in [3.05, 3.63) is 36.0 Å². The van der Waals surface area contributed by atoms with Crippen LogP contribution in [-0.4, -0.2) is 24.2 Å². The summed E-state index contributed by atoms with van der Waals surface area (Å²) in [6, 6.07) is 9.04. The summed E-state index contributed by atoms with van der Waals surface area (Å²) in [5.74, 6) is 0. The summed E-state index contributed by atoms with van der Waals surface area (Å²) in [5, 5.41) is 8.37. The first kappa shape index (κ1) is 12.4. The Balaban J connectivity index is 0.00000108. The molecule has 0 radical (unpaired) electrons. The van der Waals surface area contributed by atoms with Crippen LogP contribution in [0.2, 0.25) is 0 Å². The highest BCUT2D eigenvalue weighted by molar-refractivity contribution is 5.85. The summed E-state index contributed by atoms with van der Waals surface area (Å²) < 4.78 is 2.21. The summed E-state index contributed by atoms with van der Waals surface area (Å²) in [6.07, 6.45) is 2.25. The fraction of sp³-hybridized carbons (Fsp3) is 0.385. The Labute approximate surface area is 108 Å². The first-order chi connectivity index (χ1) is 7.86. The van der Waals surface area contributed by atoms with E-state index >= 15 is 0 Å². The van der Waals surface area contributed by atoms with Crippen LogP contribution in [0.15, 0.2) is 30.5 Å². The molecule has 0 unspecified atom stereocenters. The van der Waals surface area contributed by atoms with Crippen LogP contribution in [0, 0.1) is 0 Å². The summed E-state index contributed by atoms with van der Waals surface area (Å²) in [5.41, 5.74) is 2.72. The van der Waals surface area contributed by atoms with E-state index in [1.807, 2.05) is 0 Å². The molecule has 3 nitrogen and oxygen atoms in total. The molecule has 0 aliphatic carbocycles. The van der Waals surface area contributed by atoms with Crippen LogP contribution < -0.4 is 10.6 Å². The second-order valence-electron chi connectivity index (χ2n) is 4.42. The van der Waals surface area contributed by atoms with Gasteiger partial charge in [-0.1, -0.05) is 18.2 Å². The second-order valence-corrected chi connectivity index (χ2v) is 4.42. The van der Waals surface area contributed by atoms with Gasteiger partial charge < -0.3 is 15.2 Å². The zero-order valence-electron chi connectivity index (χ0n) is 9.94. The van der Waals surface area contributed by atoms with Crippen LogP contribution in [-0.2, 0) is 7.05 Å². The maximum absolute atomic E-state index is 3.57.